The highest BCUT2D eigenvalue weighted by molar-refractivity contribution is 7.27. The van der Waals surface area contributed by atoms with E-state index in [0.29, 0.717) is 0 Å². The minimum atomic E-state index is -0.251. The Bertz CT molecular complexity index is 8790. The van der Waals surface area contributed by atoms with E-state index < -0.39 is 0 Å². The van der Waals surface area contributed by atoms with Crippen LogP contribution < -0.4 is 0 Å². The SMILES string of the molecule is CC1(C)c2ccccc2-c2nc(-c3ccc(-c4nc5ccccc5n4-c4ccccc4)cc3)nc(-c3cccc4c3sc3ccccc34)c21.CC1(C)c2ccccc2-c2nc(-c3ccc(-c4nc5ccccc5s4)cc3)nc(-c3cccc4c3sc3ccccc34)c21.CC1(C)c2ccccc2-c2nc(-c3cccc(-c4ccncc4)c3)nc(-c3cccc4c3sc3ccccc34)c21. The van der Waals surface area contributed by atoms with E-state index in [1.807, 2.05) is 76.7 Å². The zero-order valence-electron chi connectivity index (χ0n) is 72.9. The van der Waals surface area contributed by atoms with Crippen LogP contribution in [0, 0.1) is 0 Å². The zero-order valence-corrected chi connectivity index (χ0v) is 76.2. The molecule has 0 saturated heterocycles. The number of imidazole rings is 1. The Labute approximate surface area is 778 Å². The van der Waals surface area contributed by atoms with Gasteiger partial charge >= 0.3 is 0 Å². The normalized spacial score (nSPS) is 13.4. The van der Waals surface area contributed by atoms with E-state index in [-0.39, 0.29) is 16.2 Å². The fraction of sp³-hybridized carbons (Fsp3) is 0.0763. The van der Waals surface area contributed by atoms with E-state index in [1.165, 1.54) is 126 Å². The molecule has 9 heterocycles. The second kappa shape index (κ2) is 31.0. The molecule has 0 N–H and O–H groups in total. The molecule has 132 heavy (non-hydrogen) atoms. The second-order valence-corrected chi connectivity index (χ2v) is 40.0. The third-order valence-corrected chi connectivity index (χ3v) is 31.7. The van der Waals surface area contributed by atoms with Gasteiger partial charge in [0, 0.05) is 173 Å². The van der Waals surface area contributed by atoms with Gasteiger partial charge in [-0.15, -0.1) is 45.3 Å². The predicted molar refractivity (Wildman–Crippen MR) is 552 cm³/mol. The van der Waals surface area contributed by atoms with Gasteiger partial charge in [-0.25, -0.2) is 39.9 Å². The smallest absolute Gasteiger partial charge is 0.160 e. The topological polar surface area (TPSA) is 121 Å². The number of hydrogen-bond acceptors (Lipinski definition) is 13. The quantitative estimate of drug-likeness (QED) is 0.132. The van der Waals surface area contributed by atoms with Gasteiger partial charge in [0.25, 0.3) is 0 Å². The summed E-state index contributed by atoms with van der Waals surface area (Å²) in [7, 11) is 0. The lowest BCUT2D eigenvalue weighted by Crippen LogP contribution is -2.17. The zero-order chi connectivity index (χ0) is 88.2. The van der Waals surface area contributed by atoms with Gasteiger partial charge in [0.2, 0.25) is 0 Å². The van der Waals surface area contributed by atoms with Gasteiger partial charge in [0.05, 0.1) is 55.4 Å². The molecule has 3 aliphatic carbocycles. The fourth-order valence-electron chi connectivity index (χ4n) is 20.6. The van der Waals surface area contributed by atoms with Crippen LogP contribution in [0.4, 0.5) is 0 Å². The largest absolute Gasteiger partial charge is 0.292 e. The lowest BCUT2D eigenvalue weighted by molar-refractivity contribution is 0.657. The molecule has 0 amide bonds. The van der Waals surface area contributed by atoms with Crippen molar-refractivity contribution in [3.8, 4) is 140 Å². The highest BCUT2D eigenvalue weighted by Gasteiger charge is 2.44. The van der Waals surface area contributed by atoms with Gasteiger partial charge in [-0.1, -0.05) is 333 Å². The highest BCUT2D eigenvalue weighted by Crippen LogP contribution is 2.58. The Kier molecular flexibility index (Phi) is 18.5. The third kappa shape index (κ3) is 12.8. The van der Waals surface area contributed by atoms with Crippen molar-refractivity contribution in [2.75, 3.05) is 0 Å². The molecule has 24 aromatic rings. The number of thiazole rings is 1. The number of para-hydroxylation sites is 4. The molecule has 0 atom stereocenters. The van der Waals surface area contributed by atoms with E-state index in [1.54, 1.807) is 11.3 Å². The summed E-state index contributed by atoms with van der Waals surface area (Å²) >= 11 is 7.26. The summed E-state index contributed by atoms with van der Waals surface area (Å²) in [6.07, 6.45) is 3.66. The van der Waals surface area contributed by atoms with Crippen LogP contribution in [0.1, 0.15) is 74.9 Å². The van der Waals surface area contributed by atoms with Crippen molar-refractivity contribution in [3.05, 3.63) is 410 Å². The van der Waals surface area contributed by atoms with Crippen molar-refractivity contribution in [1.82, 2.24) is 49.4 Å². The van der Waals surface area contributed by atoms with Gasteiger partial charge in [0.1, 0.15) is 10.8 Å². The maximum atomic E-state index is 5.46. The minimum Gasteiger partial charge on any atom is -0.292 e. The van der Waals surface area contributed by atoms with Crippen molar-refractivity contribution < 1.29 is 0 Å². The van der Waals surface area contributed by atoms with Crippen LogP contribution in [-0.4, -0.2) is 49.4 Å². The molecule has 15 aromatic carbocycles. The number of aromatic nitrogens is 10. The van der Waals surface area contributed by atoms with Crippen molar-refractivity contribution in [1.29, 1.82) is 0 Å². The van der Waals surface area contributed by atoms with Gasteiger partial charge in [-0.3, -0.25) is 9.55 Å². The molecule has 10 nitrogen and oxygen atoms in total. The van der Waals surface area contributed by atoms with Crippen LogP contribution >= 0.6 is 45.3 Å². The number of rotatable bonds is 10. The minimum absolute atomic E-state index is 0.225. The standard InChI is InChI=1S/C44H30N4S.C38H25N3S2.C36H25N3S/c1-44(2)34-19-8-6-16-32(34)39-38(44)40(33-18-12-17-31-30-15-7-11-22-37(30)49-41(31)33)47-42(46-39)27-23-25-28(26-24-27)43-45-35-20-9-10-21-36(35)48(43)29-13-4-3-5-14-29;1-38(2)28-14-5-3-11-26(28)33-32(38)34(27-13-9-12-25-24-10-4-7-16-30(24)42-35(25)27)41-36(40-33)22-18-20-23(21-19-22)37-39-29-15-6-8-17-31(29)43-37;1-36(2)29-15-5-3-12-27(29)32-31(36)33(28-14-8-13-26-25-11-4-6-16-30(25)40-34(26)28)39-35(38-32)24-10-7-9-23(21-24)22-17-19-37-20-18-22/h3-26H,1-2H3;3-21H,1-2H3;3-21H,1-2H3. The summed E-state index contributed by atoms with van der Waals surface area (Å²) in [5, 5.41) is 8.73. The van der Waals surface area contributed by atoms with E-state index in [2.05, 4.69) is 385 Å². The van der Waals surface area contributed by atoms with Gasteiger partial charge in [0.15, 0.2) is 17.5 Å². The van der Waals surface area contributed by atoms with Crippen molar-refractivity contribution in [2.45, 2.75) is 57.8 Å². The molecule has 0 unspecified atom stereocenters. The van der Waals surface area contributed by atoms with Crippen molar-refractivity contribution in [2.24, 2.45) is 0 Å². The first kappa shape index (κ1) is 78.9. The maximum absolute atomic E-state index is 5.46. The third-order valence-electron chi connectivity index (χ3n) is 26.9. The van der Waals surface area contributed by atoms with E-state index in [9.17, 15) is 0 Å². The Morgan fingerprint density at radius 1 is 0.235 bits per heavy atom. The Balaban J connectivity index is 0.000000107. The van der Waals surface area contributed by atoms with Crippen LogP contribution in [-0.2, 0) is 16.2 Å². The Hall–Kier alpha value is -15.3. The first-order chi connectivity index (χ1) is 64.7. The van der Waals surface area contributed by atoms with Gasteiger partial charge in [-0.05, 0) is 101 Å². The molecule has 0 spiro atoms. The van der Waals surface area contributed by atoms with Crippen LogP contribution in [0.5, 0.6) is 0 Å². The number of benzene rings is 15. The Morgan fingerprint density at radius 2 is 0.583 bits per heavy atom. The summed E-state index contributed by atoms with van der Waals surface area (Å²) in [4.78, 5) is 46.3. The summed E-state index contributed by atoms with van der Waals surface area (Å²) < 4.78 is 11.1. The molecule has 626 valence electrons. The number of fused-ring (bicyclic) bond motifs is 20. The van der Waals surface area contributed by atoms with E-state index in [4.69, 9.17) is 39.9 Å². The molecule has 0 radical (unpaired) electrons. The van der Waals surface area contributed by atoms with Crippen LogP contribution in [0.15, 0.2) is 376 Å². The average molecular weight is 1770 g/mol. The Morgan fingerprint density at radius 3 is 1.05 bits per heavy atom. The highest BCUT2D eigenvalue weighted by atomic mass is 32.1. The van der Waals surface area contributed by atoms with Gasteiger partial charge in [-0.2, -0.15) is 0 Å². The first-order valence-corrected chi connectivity index (χ1v) is 47.9. The summed E-state index contributed by atoms with van der Waals surface area (Å²) in [5.41, 5.74) is 31.5. The van der Waals surface area contributed by atoms with E-state index in [0.717, 1.165) is 129 Å². The molecule has 0 aliphatic heterocycles. The number of pyridine rings is 1. The van der Waals surface area contributed by atoms with Crippen LogP contribution in [0.25, 0.3) is 222 Å². The van der Waals surface area contributed by atoms with E-state index >= 15 is 0 Å². The lowest BCUT2D eigenvalue weighted by Gasteiger charge is -2.24. The first-order valence-electron chi connectivity index (χ1n) is 44.6. The molecule has 0 bridgehead atoms. The molecule has 9 aromatic heterocycles. The number of hydrogen-bond donors (Lipinski definition) is 0. The molecular weight excluding hydrogens is 1690 g/mol. The van der Waals surface area contributed by atoms with Gasteiger partial charge < -0.3 is 0 Å². The predicted octanol–water partition coefficient (Wildman–Crippen LogP) is 31.8. The average Bonchev–Trinajstić information content (AvgIpc) is 1.56. The van der Waals surface area contributed by atoms with Crippen LogP contribution in [0.3, 0.4) is 0 Å². The number of thiophene rings is 3. The monoisotopic (exact) mass is 1760 g/mol. The van der Waals surface area contributed by atoms with Crippen molar-refractivity contribution >= 4 is 127 Å². The second-order valence-electron chi connectivity index (χ2n) is 35.8. The molecule has 14 heteroatoms. The molecule has 27 rings (SSSR count). The molecule has 3 aliphatic rings. The summed E-state index contributed by atoms with van der Waals surface area (Å²) in [6.45, 7) is 13.8. The molecular formula is C118H80N10S4. The summed E-state index contributed by atoms with van der Waals surface area (Å²) in [5.74, 6) is 3.12. The number of nitrogens with zero attached hydrogens (tertiary/aromatic N) is 10. The maximum Gasteiger partial charge on any atom is 0.160 e. The fourth-order valence-corrected chi connectivity index (χ4v) is 25.2. The molecule has 0 fully saturated rings. The van der Waals surface area contributed by atoms with Crippen LogP contribution in [0.2, 0.25) is 0 Å². The van der Waals surface area contributed by atoms with Crippen molar-refractivity contribution in [3.63, 3.8) is 0 Å². The summed E-state index contributed by atoms with van der Waals surface area (Å²) in [6, 6.07) is 129. The lowest BCUT2D eigenvalue weighted by atomic mass is 9.80. The molecule has 0 saturated carbocycles.